The van der Waals surface area contributed by atoms with Gasteiger partial charge in [0.1, 0.15) is 0 Å². The molecule has 6 aromatic carbocycles. The molecular formula is C30H18N2. The Bertz CT molecular complexity index is 1830. The first-order chi connectivity index (χ1) is 15.9. The lowest BCUT2D eigenvalue weighted by Crippen LogP contribution is -1.89. The van der Waals surface area contributed by atoms with Crippen LogP contribution >= 0.6 is 0 Å². The van der Waals surface area contributed by atoms with Crippen LogP contribution in [0.1, 0.15) is 0 Å². The Labute approximate surface area is 184 Å². The highest BCUT2D eigenvalue weighted by Crippen LogP contribution is 2.42. The van der Waals surface area contributed by atoms with Gasteiger partial charge in [-0.25, -0.2) is 0 Å². The zero-order chi connectivity index (χ0) is 21.1. The Balaban J connectivity index is 1.72. The van der Waals surface area contributed by atoms with Crippen molar-refractivity contribution in [1.29, 1.82) is 0 Å². The van der Waals surface area contributed by atoms with E-state index < -0.39 is 0 Å². The van der Waals surface area contributed by atoms with Crippen molar-refractivity contribution in [2.24, 2.45) is 0 Å². The topological polar surface area (TPSA) is 25.8 Å². The zero-order valence-electron chi connectivity index (χ0n) is 17.3. The molecule has 0 atom stereocenters. The molecule has 0 saturated carbocycles. The molecule has 0 saturated heterocycles. The van der Waals surface area contributed by atoms with E-state index in [1.165, 1.54) is 48.7 Å². The summed E-state index contributed by atoms with van der Waals surface area (Å²) in [5, 5.41) is 10.3. The molecule has 1 aromatic heterocycles. The highest BCUT2D eigenvalue weighted by atomic mass is 14.8. The van der Waals surface area contributed by atoms with Crippen molar-refractivity contribution >= 4 is 54.1 Å². The fourth-order valence-electron chi connectivity index (χ4n) is 5.14. The summed E-state index contributed by atoms with van der Waals surface area (Å²) in [6.07, 6.45) is 3.49. The lowest BCUT2D eigenvalue weighted by molar-refractivity contribution is 1.29. The second kappa shape index (κ2) is 6.60. The van der Waals surface area contributed by atoms with E-state index in [9.17, 15) is 0 Å². The molecule has 7 rings (SSSR count). The molecule has 2 nitrogen and oxygen atoms in total. The quantitative estimate of drug-likeness (QED) is 0.259. The van der Waals surface area contributed by atoms with Crippen LogP contribution in [-0.4, -0.2) is 9.97 Å². The monoisotopic (exact) mass is 406 g/mol. The lowest BCUT2D eigenvalue weighted by Gasteiger charge is -2.16. The standard InChI is InChI=1S/C30H18N2/c1-2-9-22-20(7-1)21-8-3-5-11-24(21)30-25-12-6-4-10-23(25)26(18-27(22)30)19-13-14-28-29(17-19)32-16-15-31-28/h1-18H. The smallest absolute Gasteiger partial charge is 0.0892 e. The second-order valence-electron chi connectivity index (χ2n) is 8.24. The summed E-state index contributed by atoms with van der Waals surface area (Å²) in [6, 6.07) is 35.0. The van der Waals surface area contributed by atoms with Gasteiger partial charge in [-0.3, -0.25) is 9.97 Å². The van der Waals surface area contributed by atoms with Crippen molar-refractivity contribution in [2.45, 2.75) is 0 Å². The van der Waals surface area contributed by atoms with Gasteiger partial charge in [0.15, 0.2) is 0 Å². The number of benzene rings is 6. The molecule has 32 heavy (non-hydrogen) atoms. The maximum absolute atomic E-state index is 4.54. The van der Waals surface area contributed by atoms with Crippen molar-refractivity contribution in [1.82, 2.24) is 9.97 Å². The predicted molar refractivity (Wildman–Crippen MR) is 135 cm³/mol. The summed E-state index contributed by atoms with van der Waals surface area (Å²) in [5.41, 5.74) is 4.21. The third-order valence-electron chi connectivity index (χ3n) is 6.53. The van der Waals surface area contributed by atoms with Gasteiger partial charge >= 0.3 is 0 Å². The first kappa shape index (κ1) is 17.4. The SMILES string of the molecule is c1ccc2c(c1)c(-c1ccc3nccnc3c1)cc1c3ccccc3c3ccccc3c21. The fourth-order valence-corrected chi connectivity index (χ4v) is 5.14. The van der Waals surface area contributed by atoms with E-state index in [0.29, 0.717) is 0 Å². The minimum atomic E-state index is 0.914. The highest BCUT2D eigenvalue weighted by molar-refractivity contribution is 6.33. The molecule has 0 bridgehead atoms. The maximum atomic E-state index is 4.54. The Hall–Kier alpha value is -4.30. The number of aromatic nitrogens is 2. The summed E-state index contributed by atoms with van der Waals surface area (Å²) < 4.78 is 0. The Morgan fingerprint density at radius 1 is 0.406 bits per heavy atom. The van der Waals surface area contributed by atoms with Gasteiger partial charge in [-0.05, 0) is 72.4 Å². The average Bonchev–Trinajstić information content (AvgIpc) is 2.88. The van der Waals surface area contributed by atoms with E-state index in [0.717, 1.165) is 16.6 Å². The molecule has 0 aliphatic heterocycles. The van der Waals surface area contributed by atoms with Crippen LogP contribution in [0.3, 0.4) is 0 Å². The first-order valence-corrected chi connectivity index (χ1v) is 10.8. The zero-order valence-corrected chi connectivity index (χ0v) is 17.3. The number of fused-ring (bicyclic) bond motifs is 9. The van der Waals surface area contributed by atoms with Gasteiger partial charge in [0.05, 0.1) is 11.0 Å². The predicted octanol–water partition coefficient (Wildman–Crippen LogP) is 7.91. The molecule has 0 N–H and O–H groups in total. The summed E-state index contributed by atoms with van der Waals surface area (Å²) in [7, 11) is 0. The van der Waals surface area contributed by atoms with Crippen molar-refractivity contribution in [3.05, 3.63) is 109 Å². The molecule has 0 unspecified atom stereocenters. The van der Waals surface area contributed by atoms with Crippen LogP contribution in [-0.2, 0) is 0 Å². The summed E-state index contributed by atoms with van der Waals surface area (Å²) >= 11 is 0. The Morgan fingerprint density at radius 3 is 1.66 bits per heavy atom. The maximum Gasteiger partial charge on any atom is 0.0892 e. The van der Waals surface area contributed by atoms with E-state index in [4.69, 9.17) is 0 Å². The largest absolute Gasteiger partial charge is 0.253 e. The normalized spacial score (nSPS) is 11.8. The van der Waals surface area contributed by atoms with Gasteiger partial charge in [0, 0.05) is 12.4 Å². The average molecular weight is 406 g/mol. The van der Waals surface area contributed by atoms with Gasteiger partial charge in [-0.1, -0.05) is 78.9 Å². The van der Waals surface area contributed by atoms with Gasteiger partial charge in [-0.2, -0.15) is 0 Å². The Kier molecular flexibility index (Phi) is 3.58. The van der Waals surface area contributed by atoms with Gasteiger partial charge in [-0.15, -0.1) is 0 Å². The van der Waals surface area contributed by atoms with Crippen molar-refractivity contribution in [3.8, 4) is 11.1 Å². The lowest BCUT2D eigenvalue weighted by atomic mass is 9.87. The second-order valence-corrected chi connectivity index (χ2v) is 8.24. The highest BCUT2D eigenvalue weighted by Gasteiger charge is 2.15. The molecule has 0 amide bonds. The molecule has 7 aromatic rings. The van der Waals surface area contributed by atoms with Gasteiger partial charge < -0.3 is 0 Å². The molecule has 2 heteroatoms. The number of hydrogen-bond acceptors (Lipinski definition) is 2. The van der Waals surface area contributed by atoms with E-state index in [2.05, 4.69) is 107 Å². The molecule has 1 heterocycles. The molecule has 0 fully saturated rings. The number of rotatable bonds is 1. The van der Waals surface area contributed by atoms with Crippen LogP contribution in [0.2, 0.25) is 0 Å². The van der Waals surface area contributed by atoms with Crippen molar-refractivity contribution in [2.75, 3.05) is 0 Å². The van der Waals surface area contributed by atoms with Crippen LogP contribution in [0, 0.1) is 0 Å². The van der Waals surface area contributed by atoms with Gasteiger partial charge in [0.25, 0.3) is 0 Å². The number of nitrogens with zero attached hydrogens (tertiary/aromatic N) is 2. The van der Waals surface area contributed by atoms with E-state index in [1.807, 2.05) is 0 Å². The number of hydrogen-bond donors (Lipinski definition) is 0. The minimum absolute atomic E-state index is 0.914. The Morgan fingerprint density at radius 2 is 0.938 bits per heavy atom. The van der Waals surface area contributed by atoms with Crippen LogP contribution < -0.4 is 0 Å². The van der Waals surface area contributed by atoms with Crippen molar-refractivity contribution in [3.63, 3.8) is 0 Å². The molecule has 148 valence electrons. The van der Waals surface area contributed by atoms with E-state index >= 15 is 0 Å². The third kappa shape index (κ3) is 2.41. The van der Waals surface area contributed by atoms with Crippen LogP contribution in [0.15, 0.2) is 109 Å². The minimum Gasteiger partial charge on any atom is -0.253 e. The molecular weight excluding hydrogens is 388 g/mol. The first-order valence-electron chi connectivity index (χ1n) is 10.8. The molecule has 0 aliphatic rings. The van der Waals surface area contributed by atoms with Crippen LogP contribution in [0.4, 0.5) is 0 Å². The summed E-state index contributed by atoms with van der Waals surface area (Å²) in [5.74, 6) is 0. The van der Waals surface area contributed by atoms with Crippen molar-refractivity contribution < 1.29 is 0 Å². The summed E-state index contributed by atoms with van der Waals surface area (Å²) in [4.78, 5) is 8.98. The summed E-state index contributed by atoms with van der Waals surface area (Å²) in [6.45, 7) is 0. The fraction of sp³-hybridized carbons (Fsp3) is 0. The third-order valence-corrected chi connectivity index (χ3v) is 6.53. The van der Waals surface area contributed by atoms with Gasteiger partial charge in [0.2, 0.25) is 0 Å². The molecule has 0 spiro atoms. The van der Waals surface area contributed by atoms with E-state index in [1.54, 1.807) is 12.4 Å². The molecule has 0 aliphatic carbocycles. The van der Waals surface area contributed by atoms with Crippen LogP contribution in [0.5, 0.6) is 0 Å². The molecule has 0 radical (unpaired) electrons. The van der Waals surface area contributed by atoms with Crippen LogP contribution in [0.25, 0.3) is 65.3 Å². The van der Waals surface area contributed by atoms with E-state index in [-0.39, 0.29) is 0 Å².